The fraction of sp³-hybridized carbons (Fsp3) is 0.375. The quantitative estimate of drug-likeness (QED) is 0.697. The highest BCUT2D eigenvalue weighted by atomic mass is 16.6. The molecule has 2 atom stereocenters. The fourth-order valence-corrected chi connectivity index (χ4v) is 3.72. The van der Waals surface area contributed by atoms with Gasteiger partial charge in [0.15, 0.2) is 17.6 Å². The lowest BCUT2D eigenvalue weighted by atomic mass is 10.1. The zero-order valence-electron chi connectivity index (χ0n) is 18.1. The molecule has 2 amide bonds. The first kappa shape index (κ1) is 21.7. The largest absolute Gasteiger partial charge is 0.486 e. The Morgan fingerprint density at radius 3 is 2.56 bits per heavy atom. The van der Waals surface area contributed by atoms with Crippen LogP contribution in [0, 0.1) is 5.92 Å². The van der Waals surface area contributed by atoms with Crippen molar-refractivity contribution >= 4 is 29.2 Å². The molecular weight excluding hydrogens is 412 g/mol. The minimum absolute atomic E-state index is 0.0604. The van der Waals surface area contributed by atoms with Gasteiger partial charge in [-0.2, -0.15) is 0 Å². The number of esters is 1. The van der Waals surface area contributed by atoms with Gasteiger partial charge in [-0.3, -0.25) is 14.4 Å². The number of nitrogens with zero attached hydrogens (tertiary/aromatic N) is 1. The van der Waals surface area contributed by atoms with Crippen molar-refractivity contribution in [3.05, 3.63) is 48.0 Å². The molecule has 8 nitrogen and oxygen atoms in total. The monoisotopic (exact) mass is 438 g/mol. The van der Waals surface area contributed by atoms with E-state index in [1.165, 1.54) is 12.5 Å². The fourth-order valence-electron chi connectivity index (χ4n) is 3.72. The molecule has 2 aromatic carbocycles. The molecule has 0 aromatic heterocycles. The van der Waals surface area contributed by atoms with Crippen LogP contribution in [0.15, 0.2) is 42.5 Å². The maximum atomic E-state index is 12.6. The topological polar surface area (TPSA) is 94.2 Å². The predicted octanol–water partition coefficient (Wildman–Crippen LogP) is 2.94. The van der Waals surface area contributed by atoms with Crippen LogP contribution < -0.4 is 19.7 Å². The lowest BCUT2D eigenvalue weighted by Crippen LogP contribution is -2.33. The van der Waals surface area contributed by atoms with Crippen molar-refractivity contribution in [2.45, 2.75) is 32.8 Å². The first-order valence-corrected chi connectivity index (χ1v) is 10.7. The second kappa shape index (κ2) is 9.30. The van der Waals surface area contributed by atoms with Gasteiger partial charge in [0.1, 0.15) is 13.2 Å². The molecule has 4 rings (SSSR count). The average molecular weight is 438 g/mol. The molecule has 2 heterocycles. The Hall–Kier alpha value is -3.55. The Morgan fingerprint density at radius 2 is 1.84 bits per heavy atom. The molecule has 168 valence electrons. The normalized spacial score (nSPS) is 18.2. The number of carbonyl (C=O) groups is 3. The third kappa shape index (κ3) is 4.69. The maximum Gasteiger partial charge on any atom is 0.312 e. The number of amides is 2. The van der Waals surface area contributed by atoms with Gasteiger partial charge in [-0.05, 0) is 43.2 Å². The van der Waals surface area contributed by atoms with Crippen LogP contribution in [0.25, 0.3) is 0 Å². The summed E-state index contributed by atoms with van der Waals surface area (Å²) in [5.41, 5.74) is 2.45. The van der Waals surface area contributed by atoms with Crippen LogP contribution in [0.3, 0.4) is 0 Å². The van der Waals surface area contributed by atoms with Crippen LogP contribution in [0.1, 0.15) is 25.8 Å². The molecule has 1 N–H and O–H groups in total. The lowest BCUT2D eigenvalue weighted by molar-refractivity contribution is -0.157. The van der Waals surface area contributed by atoms with Crippen LogP contribution in [0.4, 0.5) is 11.4 Å². The van der Waals surface area contributed by atoms with Crippen LogP contribution in [-0.2, 0) is 25.5 Å². The summed E-state index contributed by atoms with van der Waals surface area (Å²) in [6.45, 7) is 4.73. The third-order valence-electron chi connectivity index (χ3n) is 5.59. The van der Waals surface area contributed by atoms with E-state index < -0.39 is 23.9 Å². The van der Waals surface area contributed by atoms with Gasteiger partial charge in [0.05, 0.1) is 5.92 Å². The molecule has 2 aliphatic heterocycles. The van der Waals surface area contributed by atoms with E-state index >= 15 is 0 Å². The molecule has 2 unspecified atom stereocenters. The van der Waals surface area contributed by atoms with Gasteiger partial charge in [-0.1, -0.05) is 19.1 Å². The van der Waals surface area contributed by atoms with Crippen molar-refractivity contribution in [2.24, 2.45) is 5.92 Å². The summed E-state index contributed by atoms with van der Waals surface area (Å²) in [6, 6.07) is 12.8. The number of hydrogen-bond donors (Lipinski definition) is 1. The standard InChI is InChI=1S/C24H26N2O6/c1-3-16-4-7-19(8-5-16)26-14-17(12-22(26)27)24(29)32-15(2)23(28)25-18-6-9-20-21(13-18)31-11-10-30-20/h4-9,13,15,17H,3,10-12,14H2,1-2H3,(H,25,28). The molecule has 0 aliphatic carbocycles. The molecule has 0 radical (unpaired) electrons. The second-order valence-electron chi connectivity index (χ2n) is 7.85. The molecule has 2 aliphatic rings. The van der Waals surface area contributed by atoms with Gasteiger partial charge in [-0.15, -0.1) is 0 Å². The SMILES string of the molecule is CCc1ccc(N2CC(C(=O)OC(C)C(=O)Nc3ccc4c(c3)OCCO4)CC2=O)cc1. The Bertz CT molecular complexity index is 1020. The van der Waals surface area contributed by atoms with E-state index in [-0.39, 0.29) is 18.9 Å². The van der Waals surface area contributed by atoms with Crippen molar-refractivity contribution in [1.82, 2.24) is 0 Å². The molecule has 0 spiro atoms. The molecule has 1 saturated heterocycles. The molecule has 32 heavy (non-hydrogen) atoms. The second-order valence-corrected chi connectivity index (χ2v) is 7.85. The minimum atomic E-state index is -1.01. The van der Waals surface area contributed by atoms with Gasteiger partial charge in [0, 0.05) is 30.4 Å². The summed E-state index contributed by atoms with van der Waals surface area (Å²) >= 11 is 0. The smallest absolute Gasteiger partial charge is 0.312 e. The van der Waals surface area contributed by atoms with Crippen LogP contribution in [0.2, 0.25) is 0 Å². The highest BCUT2D eigenvalue weighted by Crippen LogP contribution is 2.32. The van der Waals surface area contributed by atoms with Crippen molar-refractivity contribution in [3.63, 3.8) is 0 Å². The third-order valence-corrected chi connectivity index (χ3v) is 5.59. The predicted molar refractivity (Wildman–Crippen MR) is 118 cm³/mol. The first-order valence-electron chi connectivity index (χ1n) is 10.7. The zero-order chi connectivity index (χ0) is 22.7. The Kier molecular flexibility index (Phi) is 6.30. The summed E-state index contributed by atoms with van der Waals surface area (Å²) in [6.07, 6.45) is -0.0380. The van der Waals surface area contributed by atoms with E-state index in [9.17, 15) is 14.4 Å². The molecule has 2 aromatic rings. The lowest BCUT2D eigenvalue weighted by Gasteiger charge is -2.20. The van der Waals surface area contributed by atoms with Crippen LogP contribution in [0.5, 0.6) is 11.5 Å². The maximum absolute atomic E-state index is 12.6. The summed E-state index contributed by atoms with van der Waals surface area (Å²) in [7, 11) is 0. The number of hydrogen-bond acceptors (Lipinski definition) is 6. The summed E-state index contributed by atoms with van der Waals surface area (Å²) < 4.78 is 16.3. The molecule has 0 bridgehead atoms. The van der Waals surface area contributed by atoms with Gasteiger partial charge in [0.25, 0.3) is 5.91 Å². The van der Waals surface area contributed by atoms with Crippen molar-refractivity contribution in [1.29, 1.82) is 0 Å². The molecule has 1 fully saturated rings. The van der Waals surface area contributed by atoms with E-state index in [4.69, 9.17) is 14.2 Å². The van der Waals surface area contributed by atoms with Crippen LogP contribution >= 0.6 is 0 Å². The van der Waals surface area contributed by atoms with E-state index in [2.05, 4.69) is 12.2 Å². The number of ether oxygens (including phenoxy) is 3. The minimum Gasteiger partial charge on any atom is -0.486 e. The van der Waals surface area contributed by atoms with E-state index in [0.717, 1.165) is 12.1 Å². The zero-order valence-corrected chi connectivity index (χ0v) is 18.1. The number of rotatable bonds is 6. The van der Waals surface area contributed by atoms with E-state index in [1.54, 1.807) is 23.1 Å². The molecular formula is C24H26N2O6. The number of nitrogens with one attached hydrogen (secondary N) is 1. The number of fused-ring (bicyclic) bond motifs is 1. The van der Waals surface area contributed by atoms with Crippen molar-refractivity contribution < 1.29 is 28.6 Å². The summed E-state index contributed by atoms with van der Waals surface area (Å²) in [5.74, 6) is -0.603. The molecule has 0 saturated carbocycles. The highest BCUT2D eigenvalue weighted by Gasteiger charge is 2.37. The number of carbonyl (C=O) groups excluding carboxylic acids is 3. The highest BCUT2D eigenvalue weighted by molar-refractivity contribution is 6.00. The van der Waals surface area contributed by atoms with Crippen molar-refractivity contribution in [2.75, 3.05) is 30.0 Å². The first-order chi connectivity index (χ1) is 15.4. The van der Waals surface area contributed by atoms with Gasteiger partial charge < -0.3 is 24.4 Å². The van der Waals surface area contributed by atoms with Gasteiger partial charge in [0.2, 0.25) is 5.91 Å². The van der Waals surface area contributed by atoms with E-state index in [1.807, 2.05) is 24.3 Å². The van der Waals surface area contributed by atoms with Crippen LogP contribution in [-0.4, -0.2) is 43.6 Å². The molecule has 8 heteroatoms. The number of anilines is 2. The van der Waals surface area contributed by atoms with Gasteiger partial charge >= 0.3 is 5.97 Å². The number of benzene rings is 2. The summed E-state index contributed by atoms with van der Waals surface area (Å²) in [5, 5.41) is 2.71. The summed E-state index contributed by atoms with van der Waals surface area (Å²) in [4.78, 5) is 39.1. The Morgan fingerprint density at radius 1 is 1.12 bits per heavy atom. The average Bonchev–Trinajstić information content (AvgIpc) is 3.20. The van der Waals surface area contributed by atoms with E-state index in [0.29, 0.717) is 30.4 Å². The van der Waals surface area contributed by atoms with Crippen molar-refractivity contribution in [3.8, 4) is 11.5 Å². The Labute approximate surface area is 186 Å². The number of aryl methyl sites for hydroxylation is 1. The Balaban J connectivity index is 1.33. The van der Waals surface area contributed by atoms with Gasteiger partial charge in [-0.25, -0.2) is 0 Å².